The molecule has 0 saturated carbocycles. The fourth-order valence-electron chi connectivity index (χ4n) is 0.849. The zero-order chi connectivity index (χ0) is 8.81. The molecule has 1 rings (SSSR count). The molecule has 0 aliphatic rings. The van der Waals surface area contributed by atoms with Crippen molar-refractivity contribution >= 4 is 11.8 Å². The number of nitriles is 1. The van der Waals surface area contributed by atoms with Gasteiger partial charge in [-0.05, 0) is 17.7 Å². The van der Waals surface area contributed by atoms with Crippen molar-refractivity contribution in [3.05, 3.63) is 29.8 Å². The third kappa shape index (κ3) is 2.57. The maximum absolute atomic E-state index is 8.81. The molecule has 1 aromatic rings. The Kier molecular flexibility index (Phi) is 3.65. The highest BCUT2D eigenvalue weighted by molar-refractivity contribution is 7.99. The third-order valence-corrected chi connectivity index (χ3v) is 2.25. The van der Waals surface area contributed by atoms with E-state index in [1.165, 1.54) is 11.8 Å². The van der Waals surface area contributed by atoms with Crippen LogP contribution in [0, 0.1) is 11.3 Å². The van der Waals surface area contributed by atoms with Crippen LogP contribution < -0.4 is 0 Å². The van der Waals surface area contributed by atoms with E-state index in [-0.39, 0.29) is 6.61 Å². The van der Waals surface area contributed by atoms with E-state index in [4.69, 9.17) is 10.4 Å². The first-order valence-corrected chi connectivity index (χ1v) is 4.55. The minimum absolute atomic E-state index is 0.0565. The molecule has 0 aromatic heterocycles. The number of hydrogen-bond acceptors (Lipinski definition) is 3. The number of rotatable bonds is 3. The van der Waals surface area contributed by atoms with Crippen molar-refractivity contribution in [1.82, 2.24) is 0 Å². The summed E-state index contributed by atoms with van der Waals surface area (Å²) in [6, 6.07) is 9.61. The molecule has 62 valence electrons. The van der Waals surface area contributed by atoms with E-state index < -0.39 is 0 Å². The van der Waals surface area contributed by atoms with Gasteiger partial charge in [0.2, 0.25) is 0 Å². The van der Waals surface area contributed by atoms with Gasteiger partial charge in [-0.2, -0.15) is 5.26 Å². The summed E-state index contributed by atoms with van der Waals surface area (Å²) in [6.45, 7) is 0.0565. The van der Waals surface area contributed by atoms with Gasteiger partial charge in [0, 0.05) is 4.90 Å². The van der Waals surface area contributed by atoms with Crippen LogP contribution in [-0.2, 0) is 6.61 Å². The summed E-state index contributed by atoms with van der Waals surface area (Å²) < 4.78 is 0. The molecule has 1 aromatic carbocycles. The second kappa shape index (κ2) is 4.81. The molecule has 12 heavy (non-hydrogen) atoms. The number of benzene rings is 1. The molecule has 0 bridgehead atoms. The van der Waals surface area contributed by atoms with Gasteiger partial charge in [-0.15, -0.1) is 11.8 Å². The Balaban J connectivity index is 2.67. The fourth-order valence-corrected chi connectivity index (χ4v) is 1.49. The lowest BCUT2D eigenvalue weighted by molar-refractivity contribution is 0.281. The fraction of sp³-hybridized carbons (Fsp3) is 0.222. The predicted octanol–water partition coefficient (Wildman–Crippen LogP) is 1.79. The Hall–Kier alpha value is -0.980. The Bertz CT molecular complexity index is 293. The molecule has 2 nitrogen and oxygen atoms in total. The van der Waals surface area contributed by atoms with Crippen LogP contribution >= 0.6 is 11.8 Å². The van der Waals surface area contributed by atoms with Crippen LogP contribution in [0.25, 0.3) is 0 Å². The number of aliphatic hydroxyl groups excluding tert-OH is 1. The van der Waals surface area contributed by atoms with Crippen LogP contribution in [0.1, 0.15) is 5.56 Å². The lowest BCUT2D eigenvalue weighted by atomic mass is 10.2. The van der Waals surface area contributed by atoms with Crippen molar-refractivity contribution in [2.75, 3.05) is 5.75 Å². The molecule has 0 atom stereocenters. The molecule has 0 unspecified atom stereocenters. The van der Waals surface area contributed by atoms with Gasteiger partial charge in [0.05, 0.1) is 18.4 Å². The van der Waals surface area contributed by atoms with E-state index in [0.29, 0.717) is 5.75 Å². The van der Waals surface area contributed by atoms with Gasteiger partial charge < -0.3 is 5.11 Å². The van der Waals surface area contributed by atoms with Gasteiger partial charge in [0.25, 0.3) is 0 Å². The van der Waals surface area contributed by atoms with E-state index in [2.05, 4.69) is 6.07 Å². The highest BCUT2D eigenvalue weighted by Gasteiger charge is 1.94. The lowest BCUT2D eigenvalue weighted by Crippen LogP contribution is -1.82. The Labute approximate surface area is 75.8 Å². The van der Waals surface area contributed by atoms with Gasteiger partial charge in [0.1, 0.15) is 0 Å². The maximum atomic E-state index is 8.81. The van der Waals surface area contributed by atoms with Gasteiger partial charge in [-0.3, -0.25) is 0 Å². The van der Waals surface area contributed by atoms with Gasteiger partial charge in [-0.25, -0.2) is 0 Å². The number of nitrogens with zero attached hydrogens (tertiary/aromatic N) is 1. The summed E-state index contributed by atoms with van der Waals surface area (Å²) >= 11 is 1.48. The number of aliphatic hydroxyl groups is 1. The van der Waals surface area contributed by atoms with Crippen molar-refractivity contribution in [2.45, 2.75) is 11.5 Å². The summed E-state index contributed by atoms with van der Waals surface area (Å²) in [4.78, 5) is 1.03. The first-order chi connectivity index (χ1) is 5.86. The Morgan fingerprint density at radius 1 is 1.50 bits per heavy atom. The van der Waals surface area contributed by atoms with E-state index in [9.17, 15) is 0 Å². The molecule has 0 aliphatic heterocycles. The topological polar surface area (TPSA) is 44.0 Å². The summed E-state index contributed by atoms with van der Waals surface area (Å²) in [5.74, 6) is 0.453. The van der Waals surface area contributed by atoms with Crippen LogP contribution in [-0.4, -0.2) is 10.9 Å². The molecule has 0 radical (unpaired) electrons. The number of thioether (sulfide) groups is 1. The Morgan fingerprint density at radius 2 is 2.33 bits per heavy atom. The van der Waals surface area contributed by atoms with Gasteiger partial charge >= 0.3 is 0 Å². The molecule has 0 spiro atoms. The maximum Gasteiger partial charge on any atom is 0.0855 e. The predicted molar refractivity (Wildman–Crippen MR) is 48.7 cm³/mol. The average molecular weight is 179 g/mol. The standard InChI is InChI=1S/C9H9NOS/c10-4-5-12-9-3-1-2-8(6-9)7-11/h1-3,6,11H,5,7H2. The van der Waals surface area contributed by atoms with Crippen LogP contribution in [0.5, 0.6) is 0 Å². The summed E-state index contributed by atoms with van der Waals surface area (Å²) in [5, 5.41) is 17.1. The van der Waals surface area contributed by atoms with Crippen molar-refractivity contribution in [1.29, 1.82) is 5.26 Å². The molecular weight excluding hydrogens is 170 g/mol. The van der Waals surface area contributed by atoms with Crippen LogP contribution in [0.3, 0.4) is 0 Å². The smallest absolute Gasteiger partial charge is 0.0855 e. The van der Waals surface area contributed by atoms with E-state index in [1.54, 1.807) is 0 Å². The van der Waals surface area contributed by atoms with Gasteiger partial charge in [-0.1, -0.05) is 12.1 Å². The highest BCUT2D eigenvalue weighted by atomic mass is 32.2. The van der Waals surface area contributed by atoms with Crippen molar-refractivity contribution < 1.29 is 5.11 Å². The quantitative estimate of drug-likeness (QED) is 0.719. The van der Waals surface area contributed by atoms with Crippen molar-refractivity contribution in [2.24, 2.45) is 0 Å². The zero-order valence-electron chi connectivity index (χ0n) is 6.53. The third-order valence-electron chi connectivity index (χ3n) is 1.38. The van der Waals surface area contributed by atoms with Crippen LogP contribution in [0.4, 0.5) is 0 Å². The second-order valence-corrected chi connectivity index (χ2v) is 3.30. The highest BCUT2D eigenvalue weighted by Crippen LogP contribution is 2.18. The summed E-state index contributed by atoms with van der Waals surface area (Å²) in [7, 11) is 0. The van der Waals surface area contributed by atoms with Gasteiger partial charge in [0.15, 0.2) is 0 Å². The van der Waals surface area contributed by atoms with Crippen molar-refractivity contribution in [3.8, 4) is 6.07 Å². The number of hydrogen-bond donors (Lipinski definition) is 1. The minimum Gasteiger partial charge on any atom is -0.392 e. The van der Waals surface area contributed by atoms with Crippen LogP contribution in [0.15, 0.2) is 29.2 Å². The molecule has 1 N–H and O–H groups in total. The molecule has 0 fully saturated rings. The van der Waals surface area contributed by atoms with E-state index >= 15 is 0 Å². The Morgan fingerprint density at radius 3 is 3.00 bits per heavy atom. The summed E-state index contributed by atoms with van der Waals surface area (Å²) in [6.07, 6.45) is 0. The first-order valence-electron chi connectivity index (χ1n) is 3.56. The first kappa shape index (κ1) is 9.11. The molecular formula is C9H9NOS. The lowest BCUT2D eigenvalue weighted by Gasteiger charge is -1.99. The SMILES string of the molecule is N#CCSc1cccc(CO)c1. The molecule has 0 amide bonds. The largest absolute Gasteiger partial charge is 0.392 e. The molecule has 0 saturated heterocycles. The molecule has 0 heterocycles. The normalized spacial score (nSPS) is 9.33. The average Bonchev–Trinajstić information content (AvgIpc) is 2.15. The van der Waals surface area contributed by atoms with E-state index in [0.717, 1.165) is 10.5 Å². The minimum atomic E-state index is 0.0565. The van der Waals surface area contributed by atoms with Crippen LogP contribution in [0.2, 0.25) is 0 Å². The summed E-state index contributed by atoms with van der Waals surface area (Å²) in [5.41, 5.74) is 0.887. The molecule has 3 heteroatoms. The second-order valence-electron chi connectivity index (χ2n) is 2.25. The van der Waals surface area contributed by atoms with E-state index in [1.807, 2.05) is 24.3 Å². The monoisotopic (exact) mass is 179 g/mol. The zero-order valence-corrected chi connectivity index (χ0v) is 7.34. The molecule has 0 aliphatic carbocycles. The van der Waals surface area contributed by atoms with Crippen molar-refractivity contribution in [3.63, 3.8) is 0 Å².